The fourth-order valence-electron chi connectivity index (χ4n) is 4.20. The Balaban J connectivity index is 1.31. The van der Waals surface area contributed by atoms with Crippen molar-refractivity contribution < 1.29 is 9.53 Å². The predicted octanol–water partition coefficient (Wildman–Crippen LogP) is 5.74. The second-order valence-electron chi connectivity index (χ2n) is 8.20. The smallest absolute Gasteiger partial charge is 0.348 e. The van der Waals surface area contributed by atoms with E-state index in [-0.39, 0.29) is 5.97 Å². The molecule has 4 aromatic rings. The van der Waals surface area contributed by atoms with Crippen LogP contribution in [0.25, 0.3) is 10.2 Å². The van der Waals surface area contributed by atoms with Crippen LogP contribution in [0.1, 0.15) is 33.6 Å². The van der Waals surface area contributed by atoms with Crippen LogP contribution in [0.4, 0.5) is 17.2 Å². The Hall–Kier alpha value is -3.45. The van der Waals surface area contributed by atoms with Gasteiger partial charge in [-0.2, -0.15) is 0 Å². The third-order valence-electron chi connectivity index (χ3n) is 5.98. The molecule has 7 heteroatoms. The lowest BCUT2D eigenvalue weighted by atomic mass is 10.2. The monoisotopic (exact) mass is 458 g/mol. The molecule has 0 bridgehead atoms. The first kappa shape index (κ1) is 21.4. The van der Waals surface area contributed by atoms with Crippen LogP contribution in [0.2, 0.25) is 0 Å². The molecule has 0 atom stereocenters. The lowest BCUT2D eigenvalue weighted by Gasteiger charge is -2.18. The van der Waals surface area contributed by atoms with Crippen LogP contribution in [0, 0.1) is 6.92 Å². The standard InChI is InChI=1S/C26H26N4O2S/c1-18-22-24(29-20-9-11-21(12-10-20)30-14-5-6-15-30)27-17-28-25(22)33-23(18)26(31)32-16-13-19-7-3-2-4-8-19/h2-4,7-12,17H,5-6,13-16H2,1H3,(H,27,28,29). The van der Waals surface area contributed by atoms with Crippen molar-refractivity contribution in [1.82, 2.24) is 9.97 Å². The number of fused-ring (bicyclic) bond motifs is 1. The maximum atomic E-state index is 12.8. The van der Waals surface area contributed by atoms with Crippen LogP contribution in [0.15, 0.2) is 60.9 Å². The van der Waals surface area contributed by atoms with E-state index in [0.29, 0.717) is 23.7 Å². The van der Waals surface area contributed by atoms with E-state index in [0.717, 1.165) is 40.1 Å². The van der Waals surface area contributed by atoms with Crippen LogP contribution in [0.5, 0.6) is 0 Å². The fourth-order valence-corrected chi connectivity index (χ4v) is 5.24. The van der Waals surface area contributed by atoms with Crippen molar-refractivity contribution in [3.8, 4) is 0 Å². The van der Waals surface area contributed by atoms with Crippen molar-refractivity contribution in [3.63, 3.8) is 0 Å². The molecule has 1 aliphatic heterocycles. The van der Waals surface area contributed by atoms with Gasteiger partial charge in [0, 0.05) is 30.9 Å². The van der Waals surface area contributed by atoms with Crippen LogP contribution >= 0.6 is 11.3 Å². The highest BCUT2D eigenvalue weighted by atomic mass is 32.1. The first-order valence-corrected chi connectivity index (χ1v) is 12.1. The van der Waals surface area contributed by atoms with Gasteiger partial charge in [-0.3, -0.25) is 0 Å². The molecule has 0 amide bonds. The van der Waals surface area contributed by atoms with Crippen LogP contribution in [-0.4, -0.2) is 35.6 Å². The van der Waals surface area contributed by atoms with E-state index in [4.69, 9.17) is 4.74 Å². The molecule has 2 aromatic carbocycles. The highest BCUT2D eigenvalue weighted by molar-refractivity contribution is 7.20. The van der Waals surface area contributed by atoms with E-state index in [2.05, 4.69) is 44.5 Å². The second-order valence-corrected chi connectivity index (χ2v) is 9.20. The minimum Gasteiger partial charge on any atom is -0.461 e. The number of nitrogens with one attached hydrogen (secondary N) is 1. The van der Waals surface area contributed by atoms with Crippen molar-refractivity contribution >= 4 is 44.7 Å². The van der Waals surface area contributed by atoms with Gasteiger partial charge in [0.25, 0.3) is 0 Å². The Morgan fingerprint density at radius 1 is 1.06 bits per heavy atom. The summed E-state index contributed by atoms with van der Waals surface area (Å²) in [5.41, 5.74) is 4.19. The SMILES string of the molecule is Cc1c(C(=O)OCCc2ccccc2)sc2ncnc(Nc3ccc(N4CCCC4)cc3)c12. The zero-order chi connectivity index (χ0) is 22.6. The van der Waals surface area contributed by atoms with E-state index >= 15 is 0 Å². The number of thiophene rings is 1. The molecule has 0 unspecified atom stereocenters. The molecule has 6 nitrogen and oxygen atoms in total. The number of hydrogen-bond donors (Lipinski definition) is 1. The summed E-state index contributed by atoms with van der Waals surface area (Å²) in [6.07, 6.45) is 4.74. The van der Waals surface area contributed by atoms with Crippen LogP contribution in [0.3, 0.4) is 0 Å². The topological polar surface area (TPSA) is 67.3 Å². The number of hydrogen-bond acceptors (Lipinski definition) is 7. The molecule has 168 valence electrons. The van der Waals surface area contributed by atoms with Crippen molar-refractivity contribution in [3.05, 3.63) is 76.9 Å². The third kappa shape index (κ3) is 4.68. The number of aryl methyl sites for hydroxylation is 1. The second kappa shape index (κ2) is 9.58. The predicted molar refractivity (Wildman–Crippen MR) is 134 cm³/mol. The molecule has 1 saturated heterocycles. The number of carbonyl (C=O) groups is 1. The summed E-state index contributed by atoms with van der Waals surface area (Å²) in [6.45, 7) is 4.52. The average Bonchev–Trinajstić information content (AvgIpc) is 3.49. The van der Waals surface area contributed by atoms with Crippen molar-refractivity contribution in [2.24, 2.45) is 0 Å². The molecular formula is C26H26N4O2S. The van der Waals surface area contributed by atoms with Gasteiger partial charge in [0.2, 0.25) is 0 Å². The number of ether oxygens (including phenoxy) is 1. The lowest BCUT2D eigenvalue weighted by Crippen LogP contribution is -2.17. The Labute approximate surface area is 197 Å². The van der Waals surface area contributed by atoms with E-state index in [1.165, 1.54) is 36.2 Å². The van der Waals surface area contributed by atoms with Crippen molar-refractivity contribution in [2.75, 3.05) is 29.9 Å². The first-order chi connectivity index (χ1) is 16.2. The lowest BCUT2D eigenvalue weighted by molar-refractivity contribution is 0.0514. The van der Waals surface area contributed by atoms with E-state index < -0.39 is 0 Å². The van der Waals surface area contributed by atoms with Gasteiger partial charge in [0.15, 0.2) is 0 Å². The summed E-state index contributed by atoms with van der Waals surface area (Å²) >= 11 is 1.35. The quantitative estimate of drug-likeness (QED) is 0.356. The molecule has 5 rings (SSSR count). The van der Waals surface area contributed by atoms with Gasteiger partial charge >= 0.3 is 5.97 Å². The number of carbonyl (C=O) groups excluding carboxylic acids is 1. The number of nitrogens with zero attached hydrogens (tertiary/aromatic N) is 3. The van der Waals surface area contributed by atoms with Crippen molar-refractivity contribution in [2.45, 2.75) is 26.2 Å². The normalized spacial score (nSPS) is 13.4. The van der Waals surface area contributed by atoms with Gasteiger partial charge in [-0.25, -0.2) is 14.8 Å². The molecular weight excluding hydrogens is 432 g/mol. The number of rotatable bonds is 7. The number of esters is 1. The van der Waals surface area contributed by atoms with Gasteiger partial charge < -0.3 is 15.0 Å². The van der Waals surface area contributed by atoms with Crippen LogP contribution in [-0.2, 0) is 11.2 Å². The summed E-state index contributed by atoms with van der Waals surface area (Å²) in [5.74, 6) is 0.387. The Kier molecular flexibility index (Phi) is 6.21. The summed E-state index contributed by atoms with van der Waals surface area (Å²) in [4.78, 5) is 25.4. The molecule has 2 aromatic heterocycles. The fraction of sp³-hybridized carbons (Fsp3) is 0.269. The molecule has 0 radical (unpaired) electrons. The van der Waals surface area contributed by atoms with Crippen LogP contribution < -0.4 is 10.2 Å². The Morgan fingerprint density at radius 3 is 2.58 bits per heavy atom. The van der Waals surface area contributed by atoms with E-state index in [9.17, 15) is 4.79 Å². The molecule has 3 heterocycles. The maximum Gasteiger partial charge on any atom is 0.348 e. The molecule has 1 fully saturated rings. The molecule has 33 heavy (non-hydrogen) atoms. The Bertz CT molecular complexity index is 1250. The Morgan fingerprint density at radius 2 is 1.82 bits per heavy atom. The van der Waals surface area contributed by atoms with Gasteiger partial charge in [-0.05, 0) is 55.2 Å². The van der Waals surface area contributed by atoms with Gasteiger partial charge in [-0.15, -0.1) is 11.3 Å². The molecule has 0 spiro atoms. The van der Waals surface area contributed by atoms with Gasteiger partial charge in [0.1, 0.15) is 21.9 Å². The van der Waals surface area contributed by atoms with E-state index in [1.54, 1.807) is 0 Å². The maximum absolute atomic E-state index is 12.8. The van der Waals surface area contributed by atoms with Gasteiger partial charge in [0.05, 0.1) is 12.0 Å². The summed E-state index contributed by atoms with van der Waals surface area (Å²) in [7, 11) is 0. The minimum atomic E-state index is -0.313. The van der Waals surface area contributed by atoms with Crippen molar-refractivity contribution in [1.29, 1.82) is 0 Å². The highest BCUT2D eigenvalue weighted by Crippen LogP contribution is 2.35. The summed E-state index contributed by atoms with van der Waals surface area (Å²) in [6, 6.07) is 18.4. The first-order valence-electron chi connectivity index (χ1n) is 11.3. The third-order valence-corrected chi connectivity index (χ3v) is 7.16. The summed E-state index contributed by atoms with van der Waals surface area (Å²) < 4.78 is 5.56. The number of benzene rings is 2. The average molecular weight is 459 g/mol. The zero-order valence-corrected chi connectivity index (χ0v) is 19.4. The highest BCUT2D eigenvalue weighted by Gasteiger charge is 2.21. The number of aromatic nitrogens is 2. The molecule has 1 N–H and O–H groups in total. The van der Waals surface area contributed by atoms with E-state index in [1.807, 2.05) is 37.3 Å². The molecule has 0 saturated carbocycles. The molecule has 1 aliphatic rings. The zero-order valence-electron chi connectivity index (χ0n) is 18.6. The minimum absolute atomic E-state index is 0.313. The largest absolute Gasteiger partial charge is 0.461 e. The molecule has 0 aliphatic carbocycles. The summed E-state index contributed by atoms with van der Waals surface area (Å²) in [5, 5.41) is 4.27. The number of anilines is 3. The van der Waals surface area contributed by atoms with Gasteiger partial charge in [-0.1, -0.05) is 30.3 Å².